The molecule has 1 aliphatic carbocycles. The molecule has 1 fully saturated rings. The number of hydrogen-bond acceptors (Lipinski definition) is 6. The van der Waals surface area contributed by atoms with Crippen LogP contribution in [0.3, 0.4) is 0 Å². The van der Waals surface area contributed by atoms with E-state index in [2.05, 4.69) is 15.9 Å². The molecule has 138 valence electrons. The second kappa shape index (κ2) is 7.95. The molecule has 2 atom stereocenters. The highest BCUT2D eigenvalue weighted by atomic mass is 79.9. The van der Waals surface area contributed by atoms with Gasteiger partial charge >= 0.3 is 11.9 Å². The van der Waals surface area contributed by atoms with Gasteiger partial charge in [-0.1, -0.05) is 34.2 Å². The number of carbonyl (C=O) groups excluding carboxylic acids is 2. The van der Waals surface area contributed by atoms with Gasteiger partial charge < -0.3 is 19.1 Å². The largest absolute Gasteiger partial charge is 0.493 e. The predicted octanol–water partition coefficient (Wildman–Crippen LogP) is 3.00. The summed E-state index contributed by atoms with van der Waals surface area (Å²) < 4.78 is 16.1. The van der Waals surface area contributed by atoms with Crippen LogP contribution in [0.2, 0.25) is 0 Å². The summed E-state index contributed by atoms with van der Waals surface area (Å²) in [5.41, 5.74) is 1.89. The van der Waals surface area contributed by atoms with E-state index < -0.39 is 5.97 Å². The summed E-state index contributed by atoms with van der Waals surface area (Å²) in [5, 5.41) is 0.0889. The normalized spacial score (nSPS) is 21.3. The number of carbonyl (C=O) groups is 2. The average molecular weight is 422 g/mol. The Labute approximate surface area is 160 Å². The molecule has 1 aromatic carbocycles. The summed E-state index contributed by atoms with van der Waals surface area (Å²) in [4.78, 5) is 25.7. The molecule has 3 rings (SSSR count). The van der Waals surface area contributed by atoms with Crippen LogP contribution in [0.4, 0.5) is 5.69 Å². The number of hydrogen-bond donors (Lipinski definition) is 0. The molecule has 1 heterocycles. The lowest BCUT2D eigenvalue weighted by Crippen LogP contribution is -2.45. The molecule has 2 unspecified atom stereocenters. The fourth-order valence-electron chi connectivity index (χ4n) is 3.20. The fourth-order valence-corrected chi connectivity index (χ4v) is 3.32. The van der Waals surface area contributed by atoms with E-state index in [1.54, 1.807) is 12.1 Å². The van der Waals surface area contributed by atoms with Crippen molar-refractivity contribution in [3.8, 4) is 11.5 Å². The molecule has 7 heteroatoms. The van der Waals surface area contributed by atoms with Gasteiger partial charge in [0.15, 0.2) is 11.5 Å². The minimum Gasteiger partial charge on any atom is -0.493 e. The predicted molar refractivity (Wildman–Crippen MR) is 101 cm³/mol. The van der Waals surface area contributed by atoms with E-state index in [1.807, 2.05) is 36.2 Å². The molecule has 0 bridgehead atoms. The molecule has 26 heavy (non-hydrogen) atoms. The highest BCUT2D eigenvalue weighted by Crippen LogP contribution is 2.36. The lowest BCUT2D eigenvalue weighted by Gasteiger charge is -2.39. The van der Waals surface area contributed by atoms with Crippen LogP contribution in [0, 0.1) is 0 Å². The topological polar surface area (TPSA) is 65.1 Å². The maximum atomic E-state index is 12.0. The monoisotopic (exact) mass is 421 g/mol. The van der Waals surface area contributed by atoms with Crippen LogP contribution in [-0.2, 0) is 14.3 Å². The van der Waals surface area contributed by atoms with Crippen LogP contribution < -0.4 is 14.4 Å². The number of nitrogens with zero attached hydrogens (tertiary/aromatic N) is 1. The van der Waals surface area contributed by atoms with Gasteiger partial charge in [0.25, 0.3) is 0 Å². The Balaban J connectivity index is 1.90. The highest BCUT2D eigenvalue weighted by Gasteiger charge is 2.36. The standard InChI is InChI=1S/C19H20BrNO5/c1-21(14-10-18(22)25-15-6-4-3-5-13(14)15)12-7-8-16(24-2)17(9-12)26-19(23)11-20/h3-5,7-9,14-15H,6,10-11H2,1-2H3. The lowest BCUT2D eigenvalue weighted by molar-refractivity contribution is -0.150. The van der Waals surface area contributed by atoms with E-state index in [0.717, 1.165) is 11.3 Å². The average Bonchev–Trinajstić information content (AvgIpc) is 2.66. The first-order valence-electron chi connectivity index (χ1n) is 8.27. The molecule has 1 aliphatic heterocycles. The Bertz CT molecular complexity index is 773. The SMILES string of the molecule is COc1ccc(N(C)C2CC(=O)OC3CC=CC=C32)cc1OC(=O)CBr. The number of alkyl halides is 1. The third kappa shape index (κ3) is 3.77. The summed E-state index contributed by atoms with van der Waals surface area (Å²) in [5.74, 6) is 0.189. The van der Waals surface area contributed by atoms with Crippen molar-refractivity contribution in [1.29, 1.82) is 0 Å². The molecule has 6 nitrogen and oxygen atoms in total. The number of methoxy groups -OCH3 is 1. The summed E-state index contributed by atoms with van der Waals surface area (Å²) in [6.45, 7) is 0. The van der Waals surface area contributed by atoms with Gasteiger partial charge in [0.2, 0.25) is 0 Å². The van der Waals surface area contributed by atoms with Crippen LogP contribution >= 0.6 is 15.9 Å². The van der Waals surface area contributed by atoms with Crippen LogP contribution in [0.5, 0.6) is 11.5 Å². The summed E-state index contributed by atoms with van der Waals surface area (Å²) in [6.07, 6.45) is 6.75. The van der Waals surface area contributed by atoms with Crippen molar-refractivity contribution in [3.05, 3.63) is 42.0 Å². The third-order valence-corrected chi connectivity index (χ3v) is 4.98. The zero-order chi connectivity index (χ0) is 18.7. The minimum absolute atomic E-state index is 0.0889. The van der Waals surface area contributed by atoms with Crippen LogP contribution in [0.15, 0.2) is 42.0 Å². The Morgan fingerprint density at radius 1 is 1.38 bits per heavy atom. The van der Waals surface area contributed by atoms with E-state index in [4.69, 9.17) is 14.2 Å². The smallest absolute Gasteiger partial charge is 0.322 e. The van der Waals surface area contributed by atoms with Crippen molar-refractivity contribution in [2.24, 2.45) is 0 Å². The molecular formula is C19H20BrNO5. The van der Waals surface area contributed by atoms with Gasteiger partial charge in [-0.05, 0) is 17.7 Å². The number of benzene rings is 1. The number of anilines is 1. The quantitative estimate of drug-likeness (QED) is 0.413. The first-order valence-corrected chi connectivity index (χ1v) is 9.39. The number of fused-ring (bicyclic) bond motifs is 1. The van der Waals surface area contributed by atoms with Crippen LogP contribution in [0.1, 0.15) is 12.8 Å². The van der Waals surface area contributed by atoms with Crippen LogP contribution in [-0.4, -0.2) is 43.6 Å². The van der Waals surface area contributed by atoms with Crippen molar-refractivity contribution in [2.75, 3.05) is 24.4 Å². The number of esters is 2. The molecule has 0 spiro atoms. The summed E-state index contributed by atoms with van der Waals surface area (Å²) in [6, 6.07) is 5.25. The lowest BCUT2D eigenvalue weighted by atomic mass is 9.89. The Morgan fingerprint density at radius 3 is 2.92 bits per heavy atom. The Kier molecular flexibility index (Phi) is 5.66. The zero-order valence-electron chi connectivity index (χ0n) is 14.6. The van der Waals surface area contributed by atoms with E-state index in [0.29, 0.717) is 17.9 Å². The van der Waals surface area contributed by atoms with Crippen molar-refractivity contribution in [1.82, 2.24) is 0 Å². The van der Waals surface area contributed by atoms with E-state index in [9.17, 15) is 9.59 Å². The maximum absolute atomic E-state index is 12.0. The van der Waals surface area contributed by atoms with E-state index in [1.165, 1.54) is 7.11 Å². The molecule has 1 aromatic rings. The van der Waals surface area contributed by atoms with Gasteiger partial charge in [0, 0.05) is 25.2 Å². The van der Waals surface area contributed by atoms with E-state index >= 15 is 0 Å². The second-order valence-corrected chi connectivity index (χ2v) is 6.64. The number of halogens is 1. The third-order valence-electron chi connectivity index (χ3n) is 4.52. The van der Waals surface area contributed by atoms with E-state index in [-0.39, 0.29) is 29.9 Å². The molecule has 2 aliphatic rings. The van der Waals surface area contributed by atoms with Crippen molar-refractivity contribution in [2.45, 2.75) is 25.0 Å². The Morgan fingerprint density at radius 2 is 2.19 bits per heavy atom. The second-order valence-electron chi connectivity index (χ2n) is 6.08. The number of rotatable bonds is 5. The molecule has 0 saturated carbocycles. The molecule has 0 aromatic heterocycles. The summed E-state index contributed by atoms with van der Waals surface area (Å²) >= 11 is 3.08. The van der Waals surface area contributed by atoms with Gasteiger partial charge in [-0.2, -0.15) is 0 Å². The molecule has 0 N–H and O–H groups in total. The fraction of sp³-hybridized carbons (Fsp3) is 0.368. The van der Waals surface area contributed by atoms with Gasteiger partial charge in [-0.25, -0.2) is 0 Å². The van der Waals surface area contributed by atoms with Crippen LogP contribution in [0.25, 0.3) is 0 Å². The maximum Gasteiger partial charge on any atom is 0.322 e. The molecule has 0 amide bonds. The number of likely N-dealkylation sites (N-methyl/N-ethyl adjacent to an activating group) is 1. The number of allylic oxidation sites excluding steroid dienone is 2. The molecule has 0 radical (unpaired) electrons. The molecular weight excluding hydrogens is 402 g/mol. The summed E-state index contributed by atoms with van der Waals surface area (Å²) in [7, 11) is 3.43. The number of ether oxygens (including phenoxy) is 3. The Hall–Kier alpha value is -2.28. The van der Waals surface area contributed by atoms with Gasteiger partial charge in [0.05, 0.1) is 19.6 Å². The van der Waals surface area contributed by atoms with Gasteiger partial charge in [0.1, 0.15) is 11.4 Å². The van der Waals surface area contributed by atoms with Crippen molar-refractivity contribution >= 4 is 33.6 Å². The molecule has 1 saturated heterocycles. The van der Waals surface area contributed by atoms with Gasteiger partial charge in [-0.15, -0.1) is 0 Å². The zero-order valence-corrected chi connectivity index (χ0v) is 16.2. The van der Waals surface area contributed by atoms with Crippen molar-refractivity contribution in [3.63, 3.8) is 0 Å². The first kappa shape index (κ1) is 18.5. The van der Waals surface area contributed by atoms with Crippen molar-refractivity contribution < 1.29 is 23.8 Å². The van der Waals surface area contributed by atoms with Gasteiger partial charge in [-0.3, -0.25) is 9.59 Å². The first-order chi connectivity index (χ1) is 12.5. The minimum atomic E-state index is -0.412. The highest BCUT2D eigenvalue weighted by molar-refractivity contribution is 9.09.